The van der Waals surface area contributed by atoms with E-state index in [4.69, 9.17) is 4.74 Å². The SMILES string of the molecule is Oc1ccc(-n2nnnc2SCCC2CCCO2)cc1. The van der Waals surface area contributed by atoms with E-state index in [1.165, 1.54) is 6.42 Å². The van der Waals surface area contributed by atoms with Crippen molar-refractivity contribution in [1.82, 2.24) is 20.2 Å². The fraction of sp³-hybridized carbons (Fsp3) is 0.462. The Morgan fingerprint density at radius 1 is 1.35 bits per heavy atom. The molecule has 1 fully saturated rings. The lowest BCUT2D eigenvalue weighted by molar-refractivity contribution is 0.109. The molecule has 6 nitrogen and oxygen atoms in total. The first-order valence-electron chi connectivity index (χ1n) is 6.65. The van der Waals surface area contributed by atoms with Crippen LogP contribution in [-0.4, -0.2) is 43.8 Å². The third kappa shape index (κ3) is 3.10. The van der Waals surface area contributed by atoms with E-state index in [0.717, 1.165) is 36.0 Å². The van der Waals surface area contributed by atoms with Gasteiger partial charge in [-0.2, -0.15) is 4.68 Å². The molecule has 1 saturated heterocycles. The number of tetrazole rings is 1. The molecule has 0 spiro atoms. The number of phenolic OH excluding ortho intramolecular Hbond substituents is 1. The van der Waals surface area contributed by atoms with Crippen molar-refractivity contribution >= 4 is 11.8 Å². The number of hydrogen-bond acceptors (Lipinski definition) is 6. The summed E-state index contributed by atoms with van der Waals surface area (Å²) in [6.45, 7) is 0.889. The molecule has 1 N–H and O–H groups in total. The molecular weight excluding hydrogens is 276 g/mol. The molecule has 0 radical (unpaired) electrons. The van der Waals surface area contributed by atoms with Gasteiger partial charge in [0.1, 0.15) is 5.75 Å². The highest BCUT2D eigenvalue weighted by Gasteiger charge is 2.16. The van der Waals surface area contributed by atoms with Gasteiger partial charge in [0.2, 0.25) is 5.16 Å². The molecule has 1 unspecified atom stereocenters. The fourth-order valence-electron chi connectivity index (χ4n) is 2.18. The topological polar surface area (TPSA) is 73.1 Å². The summed E-state index contributed by atoms with van der Waals surface area (Å²) in [7, 11) is 0. The van der Waals surface area contributed by atoms with Crippen molar-refractivity contribution in [3.05, 3.63) is 24.3 Å². The molecule has 0 aliphatic carbocycles. The van der Waals surface area contributed by atoms with Crippen molar-refractivity contribution in [1.29, 1.82) is 0 Å². The number of aromatic nitrogens is 4. The van der Waals surface area contributed by atoms with Gasteiger partial charge in [0.25, 0.3) is 0 Å². The van der Waals surface area contributed by atoms with Crippen LogP contribution in [0, 0.1) is 0 Å². The Morgan fingerprint density at radius 3 is 2.95 bits per heavy atom. The molecule has 0 saturated carbocycles. The van der Waals surface area contributed by atoms with Gasteiger partial charge in [-0.15, -0.1) is 5.10 Å². The maximum atomic E-state index is 9.31. The van der Waals surface area contributed by atoms with Gasteiger partial charge < -0.3 is 9.84 Å². The van der Waals surface area contributed by atoms with Gasteiger partial charge in [0, 0.05) is 12.4 Å². The lowest BCUT2D eigenvalue weighted by atomic mass is 10.2. The Kier molecular flexibility index (Phi) is 4.17. The Balaban J connectivity index is 1.62. The third-order valence-corrected chi connectivity index (χ3v) is 4.18. The first kappa shape index (κ1) is 13.4. The molecule has 2 aromatic rings. The summed E-state index contributed by atoms with van der Waals surface area (Å²) < 4.78 is 7.28. The molecule has 0 amide bonds. The number of benzene rings is 1. The van der Waals surface area contributed by atoms with Gasteiger partial charge in [-0.3, -0.25) is 0 Å². The predicted octanol–water partition coefficient (Wildman–Crippen LogP) is 2.03. The zero-order chi connectivity index (χ0) is 13.8. The zero-order valence-electron chi connectivity index (χ0n) is 11.0. The monoisotopic (exact) mass is 292 g/mol. The third-order valence-electron chi connectivity index (χ3n) is 3.23. The molecule has 1 aliphatic rings. The van der Waals surface area contributed by atoms with Crippen LogP contribution in [0.1, 0.15) is 19.3 Å². The molecule has 7 heteroatoms. The number of hydrogen-bond donors (Lipinski definition) is 1. The minimum atomic E-state index is 0.231. The Hall–Kier alpha value is -1.60. The Labute approximate surface area is 121 Å². The van der Waals surface area contributed by atoms with Crippen molar-refractivity contribution in [2.45, 2.75) is 30.5 Å². The van der Waals surface area contributed by atoms with Crippen LogP contribution < -0.4 is 0 Å². The number of phenols is 1. The van der Waals surface area contributed by atoms with Gasteiger partial charge >= 0.3 is 0 Å². The summed E-state index contributed by atoms with van der Waals surface area (Å²) in [6.07, 6.45) is 3.73. The van der Waals surface area contributed by atoms with Crippen LogP contribution >= 0.6 is 11.8 Å². The molecule has 3 rings (SSSR count). The quantitative estimate of drug-likeness (QED) is 0.850. The lowest BCUT2D eigenvalue weighted by Gasteiger charge is -2.08. The van der Waals surface area contributed by atoms with E-state index >= 15 is 0 Å². The molecule has 1 aromatic heterocycles. The van der Waals surface area contributed by atoms with Crippen LogP contribution in [0.15, 0.2) is 29.4 Å². The fourth-order valence-corrected chi connectivity index (χ4v) is 3.10. The van der Waals surface area contributed by atoms with E-state index in [2.05, 4.69) is 15.5 Å². The van der Waals surface area contributed by atoms with E-state index in [1.807, 2.05) is 0 Å². The van der Waals surface area contributed by atoms with E-state index < -0.39 is 0 Å². The van der Waals surface area contributed by atoms with Crippen LogP contribution in [0.4, 0.5) is 0 Å². The highest BCUT2D eigenvalue weighted by molar-refractivity contribution is 7.99. The number of nitrogens with zero attached hydrogens (tertiary/aromatic N) is 4. The molecule has 1 aromatic carbocycles. The molecule has 0 bridgehead atoms. The van der Waals surface area contributed by atoms with Crippen molar-refractivity contribution < 1.29 is 9.84 Å². The first-order chi connectivity index (χ1) is 9.83. The second kappa shape index (κ2) is 6.23. The number of aromatic hydroxyl groups is 1. The maximum Gasteiger partial charge on any atom is 0.214 e. The van der Waals surface area contributed by atoms with Gasteiger partial charge in [0.05, 0.1) is 11.8 Å². The lowest BCUT2D eigenvalue weighted by Crippen LogP contribution is -2.06. The zero-order valence-corrected chi connectivity index (χ0v) is 11.8. The van der Waals surface area contributed by atoms with Gasteiger partial charge in [0.15, 0.2) is 0 Å². The standard InChI is InChI=1S/C13H16N4O2S/c18-11-5-3-10(4-6-11)17-13(14-15-16-17)20-9-7-12-2-1-8-19-12/h3-6,12,18H,1-2,7-9H2. The van der Waals surface area contributed by atoms with E-state index in [1.54, 1.807) is 40.7 Å². The summed E-state index contributed by atoms with van der Waals surface area (Å²) in [4.78, 5) is 0. The second-order valence-corrected chi connectivity index (χ2v) is 5.72. The smallest absolute Gasteiger partial charge is 0.214 e. The van der Waals surface area contributed by atoms with Crippen LogP contribution in [-0.2, 0) is 4.74 Å². The van der Waals surface area contributed by atoms with Crippen molar-refractivity contribution in [2.24, 2.45) is 0 Å². The largest absolute Gasteiger partial charge is 0.508 e. The van der Waals surface area contributed by atoms with Crippen LogP contribution in [0.25, 0.3) is 5.69 Å². The average Bonchev–Trinajstić information content (AvgIpc) is 3.11. The highest BCUT2D eigenvalue weighted by atomic mass is 32.2. The van der Waals surface area contributed by atoms with Crippen LogP contribution in [0.3, 0.4) is 0 Å². The van der Waals surface area contributed by atoms with Crippen molar-refractivity contribution in [3.8, 4) is 11.4 Å². The average molecular weight is 292 g/mol. The number of rotatable bonds is 5. The Bertz CT molecular complexity index is 552. The molecule has 1 atom stereocenters. The summed E-state index contributed by atoms with van der Waals surface area (Å²) in [5.41, 5.74) is 0.840. The second-order valence-electron chi connectivity index (χ2n) is 4.66. The number of ether oxygens (including phenoxy) is 1. The van der Waals surface area contributed by atoms with Gasteiger partial charge in [-0.05, 0) is 54.0 Å². The first-order valence-corrected chi connectivity index (χ1v) is 7.64. The van der Waals surface area contributed by atoms with Crippen LogP contribution in [0.2, 0.25) is 0 Å². The predicted molar refractivity (Wildman–Crippen MR) is 75.1 cm³/mol. The van der Waals surface area contributed by atoms with Crippen molar-refractivity contribution in [2.75, 3.05) is 12.4 Å². The minimum absolute atomic E-state index is 0.231. The Morgan fingerprint density at radius 2 is 2.20 bits per heavy atom. The van der Waals surface area contributed by atoms with E-state index in [0.29, 0.717) is 6.10 Å². The molecule has 1 aliphatic heterocycles. The summed E-state index contributed by atoms with van der Waals surface area (Å²) in [6, 6.07) is 6.82. The number of thioether (sulfide) groups is 1. The summed E-state index contributed by atoms with van der Waals surface area (Å²) in [5, 5.41) is 21.8. The normalized spacial score (nSPS) is 18.5. The summed E-state index contributed by atoms with van der Waals surface area (Å²) in [5.74, 6) is 1.16. The van der Waals surface area contributed by atoms with E-state index in [9.17, 15) is 5.11 Å². The molecule has 20 heavy (non-hydrogen) atoms. The van der Waals surface area contributed by atoms with Crippen LogP contribution in [0.5, 0.6) is 5.75 Å². The minimum Gasteiger partial charge on any atom is -0.508 e. The van der Waals surface area contributed by atoms with Crippen molar-refractivity contribution in [3.63, 3.8) is 0 Å². The highest BCUT2D eigenvalue weighted by Crippen LogP contribution is 2.23. The van der Waals surface area contributed by atoms with Gasteiger partial charge in [-0.1, -0.05) is 11.8 Å². The molecule has 2 heterocycles. The molecular formula is C13H16N4O2S. The van der Waals surface area contributed by atoms with Gasteiger partial charge in [-0.25, -0.2) is 0 Å². The summed E-state index contributed by atoms with van der Waals surface area (Å²) >= 11 is 1.62. The van der Waals surface area contributed by atoms with E-state index in [-0.39, 0.29) is 5.75 Å². The maximum absolute atomic E-state index is 9.31. The molecule has 106 valence electrons.